The van der Waals surface area contributed by atoms with E-state index in [9.17, 15) is 9.59 Å². The topological polar surface area (TPSA) is 79.7 Å². The van der Waals surface area contributed by atoms with Crippen molar-refractivity contribution in [2.75, 3.05) is 6.54 Å². The monoisotopic (exact) mass is 294 g/mol. The number of hydrogen-bond acceptors (Lipinski definition) is 4. The minimum Gasteiger partial charge on any atom is -0.480 e. The highest BCUT2D eigenvalue weighted by atomic mass is 16.5. The molecule has 0 saturated carbocycles. The Morgan fingerprint density at radius 2 is 2.00 bits per heavy atom. The molecule has 0 fully saturated rings. The van der Waals surface area contributed by atoms with Gasteiger partial charge in [-0.05, 0) is 33.3 Å². The van der Waals surface area contributed by atoms with E-state index in [2.05, 4.69) is 4.98 Å². The second-order valence-corrected chi connectivity index (χ2v) is 5.11. The van der Waals surface area contributed by atoms with E-state index in [-0.39, 0.29) is 24.4 Å². The summed E-state index contributed by atoms with van der Waals surface area (Å²) in [7, 11) is 0. The van der Waals surface area contributed by atoms with Crippen LogP contribution in [0, 0.1) is 0 Å². The molecule has 1 aromatic heterocycles. The molecule has 0 radical (unpaired) electrons. The summed E-state index contributed by atoms with van der Waals surface area (Å²) in [4.78, 5) is 28.9. The molecule has 1 unspecified atom stereocenters. The lowest BCUT2D eigenvalue weighted by Gasteiger charge is -2.26. The third kappa shape index (κ3) is 5.06. The first-order valence-corrected chi connectivity index (χ1v) is 7.01. The summed E-state index contributed by atoms with van der Waals surface area (Å²) >= 11 is 0. The van der Waals surface area contributed by atoms with Gasteiger partial charge in [-0.2, -0.15) is 0 Å². The van der Waals surface area contributed by atoms with Gasteiger partial charge in [0.25, 0.3) is 5.91 Å². The van der Waals surface area contributed by atoms with Crippen molar-refractivity contribution in [1.82, 2.24) is 9.88 Å². The number of amides is 1. The van der Waals surface area contributed by atoms with Crippen LogP contribution in [0.4, 0.5) is 0 Å². The summed E-state index contributed by atoms with van der Waals surface area (Å²) in [5, 5.41) is 8.96. The zero-order valence-electron chi connectivity index (χ0n) is 12.9. The third-order valence-electron chi connectivity index (χ3n) is 2.99. The first-order valence-electron chi connectivity index (χ1n) is 7.01. The zero-order chi connectivity index (χ0) is 16.0. The molecule has 0 aliphatic rings. The van der Waals surface area contributed by atoms with Crippen molar-refractivity contribution < 1.29 is 19.4 Å². The van der Waals surface area contributed by atoms with E-state index < -0.39 is 11.9 Å². The minimum absolute atomic E-state index is 0.0486. The van der Waals surface area contributed by atoms with Gasteiger partial charge in [-0.1, -0.05) is 13.0 Å². The minimum atomic E-state index is -1.04. The number of pyridine rings is 1. The first kappa shape index (κ1) is 16.9. The van der Waals surface area contributed by atoms with Gasteiger partial charge in [-0.25, -0.2) is 4.98 Å². The van der Waals surface area contributed by atoms with Crippen molar-refractivity contribution in [3.63, 3.8) is 0 Å². The van der Waals surface area contributed by atoms with Crippen molar-refractivity contribution in [3.05, 3.63) is 23.9 Å². The highest BCUT2D eigenvalue weighted by Crippen LogP contribution is 2.14. The van der Waals surface area contributed by atoms with Gasteiger partial charge in [0.15, 0.2) is 0 Å². The van der Waals surface area contributed by atoms with Gasteiger partial charge < -0.3 is 14.7 Å². The Labute approximate surface area is 124 Å². The quantitative estimate of drug-likeness (QED) is 0.834. The maximum absolute atomic E-state index is 12.5. The molecule has 116 valence electrons. The first-order chi connectivity index (χ1) is 9.85. The van der Waals surface area contributed by atoms with Gasteiger partial charge in [0.1, 0.15) is 12.2 Å². The van der Waals surface area contributed by atoms with Gasteiger partial charge in [0.2, 0.25) is 5.88 Å². The molecule has 6 heteroatoms. The Morgan fingerprint density at radius 3 is 2.52 bits per heavy atom. The van der Waals surface area contributed by atoms with E-state index in [1.807, 2.05) is 27.7 Å². The van der Waals surface area contributed by atoms with Crippen LogP contribution in [0.2, 0.25) is 0 Å². The van der Waals surface area contributed by atoms with Crippen molar-refractivity contribution in [3.8, 4) is 5.88 Å². The Kier molecular flexibility index (Phi) is 6.14. The molecule has 0 spiro atoms. The van der Waals surface area contributed by atoms with E-state index in [1.54, 1.807) is 18.2 Å². The molecule has 1 amide bonds. The average molecular weight is 294 g/mol. The van der Waals surface area contributed by atoms with Crippen molar-refractivity contribution in [2.24, 2.45) is 0 Å². The average Bonchev–Trinajstić information content (AvgIpc) is 2.42. The number of nitrogens with zero attached hydrogens (tertiary/aromatic N) is 2. The normalized spacial score (nSPS) is 12.0. The summed E-state index contributed by atoms with van der Waals surface area (Å²) in [6.07, 6.45) is 0.619. The largest absolute Gasteiger partial charge is 0.480 e. The van der Waals surface area contributed by atoms with E-state index in [4.69, 9.17) is 9.84 Å². The summed E-state index contributed by atoms with van der Waals surface area (Å²) in [5.41, 5.74) is 0.190. The highest BCUT2D eigenvalue weighted by Gasteiger charge is 2.24. The summed E-state index contributed by atoms with van der Waals surface area (Å²) in [5.74, 6) is -1.09. The molecule has 0 aliphatic heterocycles. The van der Waals surface area contributed by atoms with Crippen molar-refractivity contribution in [2.45, 2.75) is 46.3 Å². The van der Waals surface area contributed by atoms with Crippen molar-refractivity contribution in [1.29, 1.82) is 0 Å². The number of carbonyl (C=O) groups excluding carboxylic acids is 1. The Balaban J connectivity index is 3.00. The fourth-order valence-electron chi connectivity index (χ4n) is 1.78. The van der Waals surface area contributed by atoms with Crippen LogP contribution in [0.1, 0.15) is 44.6 Å². The van der Waals surface area contributed by atoms with E-state index in [1.165, 1.54) is 4.90 Å². The fraction of sp³-hybridized carbons (Fsp3) is 0.533. The molecular weight excluding hydrogens is 272 g/mol. The van der Waals surface area contributed by atoms with Crippen LogP contribution in [-0.2, 0) is 4.79 Å². The van der Waals surface area contributed by atoms with Crippen LogP contribution in [0.15, 0.2) is 18.2 Å². The Bertz CT molecular complexity index is 502. The van der Waals surface area contributed by atoms with Gasteiger partial charge in [0.05, 0.1) is 6.10 Å². The predicted molar refractivity (Wildman–Crippen MR) is 78.4 cm³/mol. The van der Waals surface area contributed by atoms with Crippen molar-refractivity contribution >= 4 is 11.9 Å². The van der Waals surface area contributed by atoms with Gasteiger partial charge in [0, 0.05) is 12.1 Å². The maximum atomic E-state index is 12.5. The van der Waals surface area contributed by atoms with Gasteiger partial charge in [-0.15, -0.1) is 0 Å². The predicted octanol–water partition coefficient (Wildman–Crippen LogP) is 2.19. The Morgan fingerprint density at radius 1 is 1.33 bits per heavy atom. The number of aliphatic carboxylic acids is 1. The Hall–Kier alpha value is -2.11. The molecule has 1 heterocycles. The number of carboxylic acids is 1. The summed E-state index contributed by atoms with van der Waals surface area (Å²) in [6.45, 7) is 7.11. The van der Waals surface area contributed by atoms with Crippen LogP contribution in [0.5, 0.6) is 5.88 Å². The van der Waals surface area contributed by atoms with Crippen LogP contribution in [0.25, 0.3) is 0 Å². The molecular formula is C15H22N2O4. The van der Waals surface area contributed by atoms with E-state index >= 15 is 0 Å². The lowest BCUT2D eigenvalue weighted by Crippen LogP contribution is -2.42. The third-order valence-corrected chi connectivity index (χ3v) is 2.99. The standard InChI is InChI=1S/C15H22N2O4/c1-5-11(4)17(9-14(18)19)15(20)12-7-6-8-13(16-12)21-10(2)3/h6-8,10-11H,5,9H2,1-4H3,(H,18,19). The number of aromatic nitrogens is 1. The van der Waals surface area contributed by atoms with Gasteiger partial charge >= 0.3 is 5.97 Å². The smallest absolute Gasteiger partial charge is 0.323 e. The van der Waals surface area contributed by atoms with E-state index in [0.717, 1.165) is 0 Å². The number of carboxylic acid groups (broad SMARTS) is 1. The van der Waals surface area contributed by atoms with Gasteiger partial charge in [-0.3, -0.25) is 9.59 Å². The van der Waals surface area contributed by atoms with E-state index in [0.29, 0.717) is 12.3 Å². The molecule has 1 atom stereocenters. The number of hydrogen-bond donors (Lipinski definition) is 1. The molecule has 0 aromatic carbocycles. The lowest BCUT2D eigenvalue weighted by molar-refractivity contribution is -0.138. The molecule has 1 rings (SSSR count). The summed E-state index contributed by atoms with van der Waals surface area (Å²) < 4.78 is 5.45. The van der Waals surface area contributed by atoms with Crippen LogP contribution >= 0.6 is 0 Å². The van der Waals surface area contributed by atoms with Crippen LogP contribution < -0.4 is 4.74 Å². The number of ether oxygens (including phenoxy) is 1. The van der Waals surface area contributed by atoms with Crippen LogP contribution in [-0.4, -0.2) is 45.6 Å². The second-order valence-electron chi connectivity index (χ2n) is 5.11. The molecule has 0 bridgehead atoms. The zero-order valence-corrected chi connectivity index (χ0v) is 12.9. The SMILES string of the molecule is CCC(C)N(CC(=O)O)C(=O)c1cccc(OC(C)C)n1. The molecule has 21 heavy (non-hydrogen) atoms. The molecule has 0 aliphatic carbocycles. The number of carbonyl (C=O) groups is 2. The van der Waals surface area contributed by atoms with Crippen LogP contribution in [0.3, 0.4) is 0 Å². The fourth-order valence-corrected chi connectivity index (χ4v) is 1.78. The molecule has 0 saturated heterocycles. The highest BCUT2D eigenvalue weighted by molar-refractivity contribution is 5.94. The number of rotatable bonds is 7. The summed E-state index contributed by atoms with van der Waals surface area (Å²) in [6, 6.07) is 4.73. The maximum Gasteiger partial charge on any atom is 0.323 e. The molecule has 6 nitrogen and oxygen atoms in total. The second kappa shape index (κ2) is 7.61. The molecule has 1 aromatic rings. The molecule has 1 N–H and O–H groups in total. The lowest BCUT2D eigenvalue weighted by atomic mass is 10.2.